The lowest BCUT2D eigenvalue weighted by atomic mass is 9.81. The Kier molecular flexibility index (Phi) is 3.43. The molecule has 6 heteroatoms. The van der Waals surface area contributed by atoms with Crippen molar-refractivity contribution < 1.29 is 9.59 Å². The average molecular weight is 284 g/mol. The molecule has 1 aliphatic rings. The summed E-state index contributed by atoms with van der Waals surface area (Å²) < 4.78 is 1.55. The lowest BCUT2D eigenvalue weighted by molar-refractivity contribution is -0.153. The summed E-state index contributed by atoms with van der Waals surface area (Å²) >= 11 is 6.14. The Hall–Kier alpha value is -1.36. The van der Waals surface area contributed by atoms with Gasteiger partial charge in [0.1, 0.15) is 5.15 Å². The lowest BCUT2D eigenvalue weighted by Gasteiger charge is -2.34. The van der Waals surface area contributed by atoms with Crippen LogP contribution in [-0.2, 0) is 23.2 Å². The number of aryl methyl sites for hydroxylation is 2. The second-order valence-corrected chi connectivity index (χ2v) is 6.23. The molecule has 0 aliphatic carbocycles. The lowest BCUT2D eigenvalue weighted by Crippen LogP contribution is -2.45. The second kappa shape index (κ2) is 4.63. The van der Waals surface area contributed by atoms with Crippen LogP contribution in [0.4, 0.5) is 0 Å². The first-order chi connectivity index (χ1) is 8.71. The highest BCUT2D eigenvalue weighted by Crippen LogP contribution is 2.33. The highest BCUT2D eigenvalue weighted by atomic mass is 35.5. The molecule has 0 atom stereocenters. The predicted molar refractivity (Wildman–Crippen MR) is 71.5 cm³/mol. The molecule has 0 bridgehead atoms. The van der Waals surface area contributed by atoms with Crippen LogP contribution in [0, 0.1) is 12.3 Å². The van der Waals surface area contributed by atoms with Crippen LogP contribution in [0.2, 0.25) is 5.15 Å². The maximum Gasteiger partial charge on any atom is 0.230 e. The third kappa shape index (κ3) is 2.66. The minimum atomic E-state index is -0.252. The monoisotopic (exact) mass is 283 g/mol. The molecule has 0 N–H and O–H groups in total. The van der Waals surface area contributed by atoms with Gasteiger partial charge in [-0.05, 0) is 12.3 Å². The Morgan fingerprint density at radius 2 is 1.79 bits per heavy atom. The number of piperidine rings is 1. The zero-order chi connectivity index (χ0) is 14.4. The van der Waals surface area contributed by atoms with Crippen LogP contribution in [0.15, 0.2) is 0 Å². The standard InChI is InChI=1S/C13H18ClN3O2/c1-8-9(12(14)16(4)15-8)7-17-10(18)5-13(2,3)6-11(17)19/h5-7H2,1-4H3. The van der Waals surface area contributed by atoms with Gasteiger partial charge in [-0.15, -0.1) is 0 Å². The molecule has 0 aromatic carbocycles. The molecule has 2 amide bonds. The molecule has 0 spiro atoms. The first-order valence-electron chi connectivity index (χ1n) is 6.22. The number of aromatic nitrogens is 2. The molecule has 0 unspecified atom stereocenters. The van der Waals surface area contributed by atoms with Gasteiger partial charge in [-0.25, -0.2) is 0 Å². The quantitative estimate of drug-likeness (QED) is 0.781. The zero-order valence-electron chi connectivity index (χ0n) is 11.7. The maximum atomic E-state index is 12.1. The van der Waals surface area contributed by atoms with Gasteiger partial charge in [0.15, 0.2) is 0 Å². The highest BCUT2D eigenvalue weighted by Gasteiger charge is 2.37. The first kappa shape index (κ1) is 14.1. The summed E-state index contributed by atoms with van der Waals surface area (Å²) in [6.07, 6.45) is 0.769. The fourth-order valence-electron chi connectivity index (χ4n) is 2.40. The number of hydrogen-bond acceptors (Lipinski definition) is 3. The van der Waals surface area contributed by atoms with Gasteiger partial charge < -0.3 is 0 Å². The largest absolute Gasteiger partial charge is 0.278 e. The van der Waals surface area contributed by atoms with Crippen LogP contribution >= 0.6 is 11.6 Å². The molecule has 5 nitrogen and oxygen atoms in total. The number of carbonyl (C=O) groups excluding carboxylic acids is 2. The van der Waals surface area contributed by atoms with Crippen molar-refractivity contribution in [1.29, 1.82) is 0 Å². The third-order valence-electron chi connectivity index (χ3n) is 3.45. The summed E-state index contributed by atoms with van der Waals surface area (Å²) in [5.41, 5.74) is 1.24. The number of carbonyl (C=O) groups is 2. The molecular formula is C13H18ClN3O2. The summed E-state index contributed by atoms with van der Waals surface area (Å²) in [5, 5.41) is 4.67. The van der Waals surface area contributed by atoms with Crippen LogP contribution in [0.3, 0.4) is 0 Å². The molecule has 1 saturated heterocycles. The number of nitrogens with zero attached hydrogens (tertiary/aromatic N) is 3. The molecule has 0 saturated carbocycles. The number of amides is 2. The van der Waals surface area contributed by atoms with Crippen molar-refractivity contribution in [3.05, 3.63) is 16.4 Å². The van der Waals surface area contributed by atoms with E-state index >= 15 is 0 Å². The van der Waals surface area contributed by atoms with Crippen LogP contribution in [0.5, 0.6) is 0 Å². The zero-order valence-corrected chi connectivity index (χ0v) is 12.4. The van der Waals surface area contributed by atoms with Gasteiger partial charge in [0.25, 0.3) is 0 Å². The SMILES string of the molecule is Cc1nn(C)c(Cl)c1CN1C(=O)CC(C)(C)CC1=O. The van der Waals surface area contributed by atoms with Crippen molar-refractivity contribution in [3.8, 4) is 0 Å². The van der Waals surface area contributed by atoms with E-state index in [1.165, 1.54) is 4.90 Å². The van der Waals surface area contributed by atoms with Crippen molar-refractivity contribution in [2.45, 2.75) is 40.2 Å². The van der Waals surface area contributed by atoms with Crippen molar-refractivity contribution in [2.24, 2.45) is 12.5 Å². The predicted octanol–water partition coefficient (Wildman–Crippen LogP) is 2.06. The van der Waals surface area contributed by atoms with Crippen LogP contribution in [-0.4, -0.2) is 26.5 Å². The third-order valence-corrected chi connectivity index (χ3v) is 3.92. The average Bonchev–Trinajstić information content (AvgIpc) is 2.47. The van der Waals surface area contributed by atoms with Crippen molar-refractivity contribution >= 4 is 23.4 Å². The molecule has 104 valence electrons. The Morgan fingerprint density at radius 3 is 2.21 bits per heavy atom. The van der Waals surface area contributed by atoms with Crippen LogP contribution in [0.25, 0.3) is 0 Å². The normalized spacial score (nSPS) is 19.1. The van der Waals surface area contributed by atoms with E-state index in [1.54, 1.807) is 11.7 Å². The fourth-order valence-corrected chi connectivity index (χ4v) is 2.63. The van der Waals surface area contributed by atoms with E-state index < -0.39 is 0 Å². The van der Waals surface area contributed by atoms with Gasteiger partial charge in [0.05, 0.1) is 12.2 Å². The number of likely N-dealkylation sites (tertiary alicyclic amines) is 1. The number of rotatable bonds is 2. The molecule has 1 aliphatic heterocycles. The topological polar surface area (TPSA) is 55.2 Å². The summed E-state index contributed by atoms with van der Waals surface area (Å²) in [6, 6.07) is 0. The van der Waals surface area contributed by atoms with E-state index in [-0.39, 0.29) is 23.8 Å². The Morgan fingerprint density at radius 1 is 1.26 bits per heavy atom. The minimum absolute atomic E-state index is 0.138. The molecule has 1 fully saturated rings. The van der Waals surface area contributed by atoms with Crippen LogP contribution < -0.4 is 0 Å². The molecule has 1 aromatic heterocycles. The first-order valence-corrected chi connectivity index (χ1v) is 6.60. The van der Waals surface area contributed by atoms with Gasteiger partial charge in [-0.2, -0.15) is 5.10 Å². The minimum Gasteiger partial charge on any atom is -0.278 e. The highest BCUT2D eigenvalue weighted by molar-refractivity contribution is 6.30. The van der Waals surface area contributed by atoms with E-state index in [2.05, 4.69) is 5.10 Å². The van der Waals surface area contributed by atoms with Gasteiger partial charge in [0.2, 0.25) is 11.8 Å². The summed E-state index contributed by atoms with van der Waals surface area (Å²) in [6.45, 7) is 5.90. The van der Waals surface area contributed by atoms with Gasteiger partial charge >= 0.3 is 0 Å². The molecule has 1 aromatic rings. The summed E-state index contributed by atoms with van der Waals surface area (Å²) in [4.78, 5) is 25.5. The fraction of sp³-hybridized carbons (Fsp3) is 0.615. The number of imide groups is 1. The molecule has 19 heavy (non-hydrogen) atoms. The molecule has 2 heterocycles. The van der Waals surface area contributed by atoms with Crippen LogP contribution in [0.1, 0.15) is 37.9 Å². The van der Waals surface area contributed by atoms with E-state index in [4.69, 9.17) is 11.6 Å². The van der Waals surface area contributed by atoms with Crippen molar-refractivity contribution in [3.63, 3.8) is 0 Å². The number of halogens is 1. The van der Waals surface area contributed by atoms with E-state index in [0.717, 1.165) is 11.3 Å². The van der Waals surface area contributed by atoms with Crippen molar-refractivity contribution in [1.82, 2.24) is 14.7 Å². The van der Waals surface area contributed by atoms with Gasteiger partial charge in [-0.1, -0.05) is 25.4 Å². The molecule has 0 radical (unpaired) electrons. The van der Waals surface area contributed by atoms with Crippen molar-refractivity contribution in [2.75, 3.05) is 0 Å². The summed E-state index contributed by atoms with van der Waals surface area (Å²) in [5.74, 6) is -0.277. The summed E-state index contributed by atoms with van der Waals surface area (Å²) in [7, 11) is 1.74. The second-order valence-electron chi connectivity index (χ2n) is 5.87. The van der Waals surface area contributed by atoms with E-state index in [0.29, 0.717) is 18.0 Å². The Bertz CT molecular complexity index is 528. The van der Waals surface area contributed by atoms with Gasteiger partial charge in [-0.3, -0.25) is 19.2 Å². The molecule has 2 rings (SSSR count). The van der Waals surface area contributed by atoms with E-state index in [9.17, 15) is 9.59 Å². The molecular weight excluding hydrogens is 266 g/mol. The van der Waals surface area contributed by atoms with Gasteiger partial charge in [0, 0.05) is 25.5 Å². The number of hydrogen-bond donors (Lipinski definition) is 0. The van der Waals surface area contributed by atoms with E-state index in [1.807, 2.05) is 20.8 Å². The Labute approximate surface area is 117 Å². The Balaban J connectivity index is 2.24. The smallest absolute Gasteiger partial charge is 0.230 e. The maximum absolute atomic E-state index is 12.1.